The van der Waals surface area contributed by atoms with E-state index in [1.165, 1.54) is 17.0 Å². The monoisotopic (exact) mass is 181 g/mol. The lowest BCUT2D eigenvalue weighted by atomic mass is 9.99. The molecule has 0 bridgehead atoms. The van der Waals surface area contributed by atoms with Gasteiger partial charge in [0.05, 0.1) is 12.2 Å². The van der Waals surface area contributed by atoms with E-state index in [1.54, 1.807) is 6.26 Å². The number of benzene rings is 1. The first kappa shape index (κ1) is 7.63. The maximum atomic E-state index is 5.39. The van der Waals surface area contributed by atoms with Crippen LogP contribution in [0.1, 0.15) is 16.9 Å². The normalized spacial score (nSPS) is 14.6. The molecule has 1 aromatic carbocycles. The number of allylic oxidation sites excluding steroid dienone is 1. The molecule has 0 saturated heterocycles. The molecule has 67 valence electrons. The fraction of sp³-hybridized carbons (Fsp3) is 0. The summed E-state index contributed by atoms with van der Waals surface area (Å²) in [4.78, 5) is 0. The molecule has 1 aliphatic rings. The smallest absolute Gasteiger partial charge is 0.119 e. The Hall–Kier alpha value is -1.76. The van der Waals surface area contributed by atoms with Crippen molar-refractivity contribution in [3.05, 3.63) is 71.5 Å². The van der Waals surface area contributed by atoms with E-state index in [0.29, 0.717) is 0 Å². The predicted octanol–water partition coefficient (Wildman–Crippen LogP) is 3.28. The Morgan fingerprint density at radius 3 is 2.64 bits per heavy atom. The Balaban J connectivity index is 2.11. The molecule has 0 atom stereocenters. The van der Waals surface area contributed by atoms with Gasteiger partial charge in [-0.1, -0.05) is 36.4 Å². The van der Waals surface area contributed by atoms with Gasteiger partial charge in [-0.3, -0.25) is 0 Å². The molecule has 1 heteroatoms. The second-order valence-corrected chi connectivity index (χ2v) is 3.31. The third-order valence-corrected chi connectivity index (χ3v) is 2.47. The van der Waals surface area contributed by atoms with Crippen molar-refractivity contribution in [2.75, 3.05) is 0 Å². The molecule has 14 heavy (non-hydrogen) atoms. The molecule has 1 heterocycles. The molecule has 0 spiro atoms. The maximum Gasteiger partial charge on any atom is 0.119 e. The Morgan fingerprint density at radius 2 is 1.79 bits per heavy atom. The van der Waals surface area contributed by atoms with Crippen LogP contribution in [-0.2, 0) is 0 Å². The van der Waals surface area contributed by atoms with Gasteiger partial charge in [0, 0.05) is 0 Å². The van der Waals surface area contributed by atoms with E-state index >= 15 is 0 Å². The van der Waals surface area contributed by atoms with E-state index in [0.717, 1.165) is 5.76 Å². The molecular weight excluding hydrogens is 172 g/mol. The lowest BCUT2D eigenvalue weighted by molar-refractivity contribution is 0.535. The fourth-order valence-corrected chi connectivity index (χ4v) is 1.80. The maximum absolute atomic E-state index is 5.39. The van der Waals surface area contributed by atoms with E-state index in [-0.39, 0.29) is 0 Å². The highest BCUT2D eigenvalue weighted by molar-refractivity contribution is 5.71. The third-order valence-electron chi connectivity index (χ3n) is 2.47. The molecule has 0 amide bonds. The molecule has 1 aliphatic carbocycles. The minimum Gasteiger partial charge on any atom is -0.468 e. The van der Waals surface area contributed by atoms with Gasteiger partial charge in [-0.25, -0.2) is 0 Å². The predicted molar refractivity (Wildman–Crippen MR) is 55.6 cm³/mol. The largest absolute Gasteiger partial charge is 0.468 e. The van der Waals surface area contributed by atoms with E-state index in [9.17, 15) is 0 Å². The highest BCUT2D eigenvalue weighted by Crippen LogP contribution is 2.34. The lowest BCUT2D eigenvalue weighted by Gasteiger charge is -2.05. The van der Waals surface area contributed by atoms with Crippen LogP contribution in [0.3, 0.4) is 0 Å². The first-order chi connectivity index (χ1) is 6.95. The van der Waals surface area contributed by atoms with Crippen molar-refractivity contribution in [1.29, 1.82) is 0 Å². The Morgan fingerprint density at radius 1 is 0.857 bits per heavy atom. The second kappa shape index (κ2) is 2.88. The molecule has 0 aliphatic heterocycles. The third kappa shape index (κ3) is 1.02. The van der Waals surface area contributed by atoms with Crippen LogP contribution >= 0.6 is 0 Å². The van der Waals surface area contributed by atoms with Crippen molar-refractivity contribution in [2.24, 2.45) is 0 Å². The number of hydrogen-bond acceptors (Lipinski definition) is 1. The van der Waals surface area contributed by atoms with Crippen LogP contribution in [0, 0.1) is 5.92 Å². The van der Waals surface area contributed by atoms with Crippen LogP contribution in [0.4, 0.5) is 0 Å². The van der Waals surface area contributed by atoms with Crippen LogP contribution in [-0.4, -0.2) is 0 Å². The quantitative estimate of drug-likeness (QED) is 0.658. The van der Waals surface area contributed by atoms with Gasteiger partial charge in [0.2, 0.25) is 0 Å². The van der Waals surface area contributed by atoms with Crippen molar-refractivity contribution in [1.82, 2.24) is 0 Å². The summed E-state index contributed by atoms with van der Waals surface area (Å²) < 4.78 is 5.39. The molecular formula is C13H9O. The summed E-state index contributed by atoms with van der Waals surface area (Å²) >= 11 is 0. The van der Waals surface area contributed by atoms with Crippen LogP contribution in [0.5, 0.6) is 0 Å². The Kier molecular flexibility index (Phi) is 1.57. The molecule has 0 unspecified atom stereocenters. The lowest BCUT2D eigenvalue weighted by Crippen LogP contribution is -1.93. The molecule has 0 N–H and O–H groups in total. The number of furan rings is 1. The summed E-state index contributed by atoms with van der Waals surface area (Å²) in [6, 6.07) is 12.2. The zero-order chi connectivity index (χ0) is 9.38. The first-order valence-corrected chi connectivity index (χ1v) is 4.63. The zero-order valence-electron chi connectivity index (χ0n) is 7.60. The molecule has 3 rings (SSSR count). The molecule has 1 radical (unpaired) electrons. The van der Waals surface area contributed by atoms with Gasteiger partial charge in [0.1, 0.15) is 5.76 Å². The van der Waals surface area contributed by atoms with Gasteiger partial charge in [-0.2, -0.15) is 0 Å². The Bertz CT molecular complexity index is 466. The first-order valence-electron chi connectivity index (χ1n) is 4.63. The highest BCUT2D eigenvalue weighted by atomic mass is 16.3. The van der Waals surface area contributed by atoms with Gasteiger partial charge < -0.3 is 4.42 Å². The van der Waals surface area contributed by atoms with Crippen molar-refractivity contribution in [3.8, 4) is 0 Å². The van der Waals surface area contributed by atoms with Gasteiger partial charge in [0.15, 0.2) is 0 Å². The standard InChI is InChI=1S/C13H9O/c1-2-5-11-10(4-1)7-8-12(11)13-6-3-9-14-13/h1-9H. The molecule has 1 nitrogen and oxygen atoms in total. The van der Waals surface area contributed by atoms with Gasteiger partial charge in [0.25, 0.3) is 0 Å². The summed E-state index contributed by atoms with van der Waals surface area (Å²) in [5.41, 5.74) is 2.52. The van der Waals surface area contributed by atoms with Crippen molar-refractivity contribution < 1.29 is 4.42 Å². The van der Waals surface area contributed by atoms with E-state index in [1.807, 2.05) is 18.2 Å². The summed E-state index contributed by atoms with van der Waals surface area (Å²) in [5, 5.41) is 0. The molecule has 0 saturated carbocycles. The van der Waals surface area contributed by atoms with Crippen LogP contribution in [0.15, 0.2) is 53.2 Å². The summed E-state index contributed by atoms with van der Waals surface area (Å²) in [6.07, 6.45) is 5.92. The Labute approximate surface area is 82.7 Å². The zero-order valence-corrected chi connectivity index (χ0v) is 7.60. The van der Waals surface area contributed by atoms with Crippen LogP contribution < -0.4 is 0 Å². The summed E-state index contributed by atoms with van der Waals surface area (Å²) in [6.45, 7) is 0. The van der Waals surface area contributed by atoms with E-state index in [2.05, 4.69) is 30.4 Å². The van der Waals surface area contributed by atoms with Crippen LogP contribution in [0.2, 0.25) is 0 Å². The summed E-state index contributed by atoms with van der Waals surface area (Å²) in [7, 11) is 0. The highest BCUT2D eigenvalue weighted by Gasteiger charge is 2.21. The minimum absolute atomic E-state index is 0.936. The number of hydrogen-bond donors (Lipinski definition) is 0. The molecule has 1 aromatic heterocycles. The molecule has 0 fully saturated rings. The molecule has 2 aromatic rings. The average molecular weight is 181 g/mol. The summed E-state index contributed by atoms with van der Waals surface area (Å²) in [5.74, 6) is 2.11. The fourth-order valence-electron chi connectivity index (χ4n) is 1.80. The van der Waals surface area contributed by atoms with Crippen LogP contribution in [0.25, 0.3) is 6.08 Å². The second-order valence-electron chi connectivity index (χ2n) is 3.31. The number of fused-ring (bicyclic) bond motifs is 1. The SMILES string of the molecule is C1=Cc2ccccc2[C]1c1ccco1. The van der Waals surface area contributed by atoms with Gasteiger partial charge in [-0.15, -0.1) is 0 Å². The van der Waals surface area contributed by atoms with Crippen molar-refractivity contribution in [2.45, 2.75) is 0 Å². The van der Waals surface area contributed by atoms with Gasteiger partial charge >= 0.3 is 0 Å². The topological polar surface area (TPSA) is 13.1 Å². The van der Waals surface area contributed by atoms with Gasteiger partial charge in [-0.05, 0) is 23.3 Å². The average Bonchev–Trinajstić information content (AvgIpc) is 2.85. The van der Waals surface area contributed by atoms with E-state index in [4.69, 9.17) is 4.42 Å². The minimum atomic E-state index is 0.936. The van der Waals surface area contributed by atoms with E-state index < -0.39 is 0 Å². The number of rotatable bonds is 1. The van der Waals surface area contributed by atoms with Crippen molar-refractivity contribution >= 4 is 6.08 Å². The van der Waals surface area contributed by atoms with Crippen molar-refractivity contribution in [3.63, 3.8) is 0 Å².